The van der Waals surface area contributed by atoms with Crippen LogP contribution in [-0.2, 0) is 0 Å². The van der Waals surface area contributed by atoms with Crippen LogP contribution in [0.1, 0.15) is 6.92 Å². The summed E-state index contributed by atoms with van der Waals surface area (Å²) in [6.45, 7) is 2.08. The van der Waals surface area contributed by atoms with Gasteiger partial charge in [-0.15, -0.1) is 0 Å². The van der Waals surface area contributed by atoms with Gasteiger partial charge in [-0.3, -0.25) is 0 Å². The Bertz CT molecular complexity index is 154. The summed E-state index contributed by atoms with van der Waals surface area (Å²) in [5.74, 6) is 0. The molecule has 0 aliphatic heterocycles. The lowest BCUT2D eigenvalue weighted by molar-refractivity contribution is 0.395. The number of rotatable bonds is 4. The highest BCUT2D eigenvalue weighted by molar-refractivity contribution is 6.76. The Hall–Kier alpha value is -0.163. The number of hydrogen-bond donors (Lipinski definition) is 0. The fraction of sp³-hybridized carbons (Fsp3) is 0.778. The molecule has 0 atom stereocenters. The minimum Gasteiger partial charge on any atom is -0.302 e. The lowest BCUT2D eigenvalue weighted by atomic mass is 10.8. The van der Waals surface area contributed by atoms with E-state index in [1.54, 1.807) is 0 Å². The van der Waals surface area contributed by atoms with Crippen molar-refractivity contribution in [2.45, 2.75) is 6.92 Å². The fourth-order valence-corrected chi connectivity index (χ4v) is 5.61. The van der Waals surface area contributed by atoms with Crippen molar-refractivity contribution in [1.82, 2.24) is 13.7 Å². The second-order valence-electron chi connectivity index (χ2n) is 3.87. The highest BCUT2D eigenvalue weighted by Gasteiger charge is 2.39. The minimum atomic E-state index is -1.71. The van der Waals surface area contributed by atoms with Gasteiger partial charge in [0.15, 0.2) is 0 Å². The minimum absolute atomic E-state index is 1.71. The van der Waals surface area contributed by atoms with Crippen molar-refractivity contribution in [3.05, 3.63) is 11.8 Å². The maximum Gasteiger partial charge on any atom is 0.314 e. The van der Waals surface area contributed by atoms with Gasteiger partial charge in [-0.2, -0.15) is 0 Å². The van der Waals surface area contributed by atoms with Crippen LogP contribution in [0.4, 0.5) is 0 Å². The normalized spacial score (nSPS) is 14.0. The van der Waals surface area contributed by atoms with Crippen LogP contribution in [0.25, 0.3) is 0 Å². The van der Waals surface area contributed by atoms with Gasteiger partial charge >= 0.3 is 8.56 Å². The molecule has 0 saturated heterocycles. The van der Waals surface area contributed by atoms with E-state index < -0.39 is 8.56 Å². The summed E-state index contributed by atoms with van der Waals surface area (Å²) >= 11 is 0. The summed E-state index contributed by atoms with van der Waals surface area (Å²) < 4.78 is 6.98. The van der Waals surface area contributed by atoms with E-state index in [-0.39, 0.29) is 0 Å². The predicted octanol–water partition coefficient (Wildman–Crippen LogP) is 0.725. The van der Waals surface area contributed by atoms with Crippen LogP contribution in [-0.4, -0.2) is 64.5 Å². The molecule has 78 valence electrons. The van der Waals surface area contributed by atoms with E-state index in [0.29, 0.717) is 0 Å². The van der Waals surface area contributed by atoms with Crippen molar-refractivity contribution >= 4 is 8.56 Å². The third-order valence-electron chi connectivity index (χ3n) is 2.36. The third kappa shape index (κ3) is 2.40. The van der Waals surface area contributed by atoms with E-state index >= 15 is 0 Å². The second-order valence-corrected chi connectivity index (χ2v) is 8.26. The van der Waals surface area contributed by atoms with Crippen LogP contribution in [0.2, 0.25) is 0 Å². The van der Waals surface area contributed by atoms with Gasteiger partial charge in [-0.1, -0.05) is 11.8 Å². The van der Waals surface area contributed by atoms with Gasteiger partial charge in [0.25, 0.3) is 0 Å². The Balaban J connectivity index is 5.05. The number of hydrogen-bond acceptors (Lipinski definition) is 3. The van der Waals surface area contributed by atoms with Gasteiger partial charge in [0.2, 0.25) is 0 Å². The summed E-state index contributed by atoms with van der Waals surface area (Å²) in [6, 6.07) is 0. The lowest BCUT2D eigenvalue weighted by Gasteiger charge is -2.44. The summed E-state index contributed by atoms with van der Waals surface area (Å²) in [4.78, 5) is 0. The molecular weight excluding hydrogens is 178 g/mol. The Morgan fingerprint density at radius 3 is 1.15 bits per heavy atom. The van der Waals surface area contributed by atoms with Crippen molar-refractivity contribution in [3.63, 3.8) is 0 Å². The first-order valence-corrected chi connectivity index (χ1v) is 6.47. The smallest absolute Gasteiger partial charge is 0.302 e. The fourth-order valence-electron chi connectivity index (χ4n) is 1.87. The maximum absolute atomic E-state index is 2.33. The summed E-state index contributed by atoms with van der Waals surface area (Å²) in [5.41, 5.74) is 2.33. The predicted molar refractivity (Wildman–Crippen MR) is 61.6 cm³/mol. The van der Waals surface area contributed by atoms with Gasteiger partial charge in [0.1, 0.15) is 0 Å². The molecule has 13 heavy (non-hydrogen) atoms. The Labute approximate surface area is 83.9 Å². The van der Waals surface area contributed by atoms with Gasteiger partial charge < -0.3 is 13.7 Å². The van der Waals surface area contributed by atoms with Crippen molar-refractivity contribution in [3.8, 4) is 0 Å². The molecule has 0 spiro atoms. The molecule has 0 fully saturated rings. The van der Waals surface area contributed by atoms with Crippen LogP contribution in [0, 0.1) is 0 Å². The van der Waals surface area contributed by atoms with E-state index in [1.165, 1.54) is 0 Å². The molecule has 0 saturated carbocycles. The molecule has 3 nitrogen and oxygen atoms in total. The molecule has 4 heteroatoms. The molecule has 0 aliphatic carbocycles. The SMILES string of the molecule is CC=C[Si](N(C)C)(N(C)C)N(C)C. The topological polar surface area (TPSA) is 9.72 Å². The number of allylic oxidation sites excluding steroid dienone is 1. The summed E-state index contributed by atoms with van der Waals surface area (Å²) in [7, 11) is 11.2. The molecule has 0 heterocycles. The molecule has 0 aromatic heterocycles. The van der Waals surface area contributed by atoms with E-state index in [1.807, 2.05) is 0 Å². The Kier molecular flexibility index (Phi) is 4.84. The second kappa shape index (κ2) is 4.90. The van der Waals surface area contributed by atoms with Crippen LogP contribution in [0.15, 0.2) is 11.8 Å². The molecule has 0 bridgehead atoms. The van der Waals surface area contributed by atoms with Crippen molar-refractivity contribution < 1.29 is 0 Å². The quantitative estimate of drug-likeness (QED) is 0.621. The van der Waals surface area contributed by atoms with Gasteiger partial charge in [-0.05, 0) is 49.2 Å². The van der Waals surface area contributed by atoms with Gasteiger partial charge in [-0.25, -0.2) is 0 Å². The zero-order valence-electron chi connectivity index (χ0n) is 10.00. The molecule has 0 aromatic carbocycles. The molecule has 0 aliphatic rings. The molecular formula is C9H23N3Si. The van der Waals surface area contributed by atoms with Crippen molar-refractivity contribution in [1.29, 1.82) is 0 Å². The first kappa shape index (κ1) is 12.8. The monoisotopic (exact) mass is 201 g/mol. The molecule has 0 radical (unpaired) electrons. The largest absolute Gasteiger partial charge is 0.314 e. The number of nitrogens with zero attached hydrogens (tertiary/aromatic N) is 3. The standard InChI is InChI=1S/C9H23N3Si/c1-8-9-13(10(2)3,11(4)5)12(6)7/h8-9H,1-7H3. The first-order valence-electron chi connectivity index (χ1n) is 4.55. The molecule has 0 rings (SSSR count). The van der Waals surface area contributed by atoms with Crippen LogP contribution >= 0.6 is 0 Å². The zero-order chi connectivity index (χ0) is 10.6. The lowest BCUT2D eigenvalue weighted by Crippen LogP contribution is -2.68. The summed E-state index contributed by atoms with van der Waals surface area (Å²) in [5, 5.41) is 0. The molecule has 0 N–H and O–H groups in total. The molecule has 0 aromatic rings. The van der Waals surface area contributed by atoms with Crippen molar-refractivity contribution in [2.24, 2.45) is 0 Å². The van der Waals surface area contributed by atoms with Crippen LogP contribution in [0.5, 0.6) is 0 Å². The Morgan fingerprint density at radius 1 is 0.769 bits per heavy atom. The third-order valence-corrected chi connectivity index (χ3v) is 7.09. The highest BCUT2D eigenvalue weighted by Crippen LogP contribution is 2.13. The van der Waals surface area contributed by atoms with Crippen molar-refractivity contribution in [2.75, 3.05) is 42.3 Å². The van der Waals surface area contributed by atoms with Gasteiger partial charge in [0.05, 0.1) is 0 Å². The highest BCUT2D eigenvalue weighted by atomic mass is 28.4. The average molecular weight is 201 g/mol. The van der Waals surface area contributed by atoms with E-state index in [4.69, 9.17) is 0 Å². The zero-order valence-corrected chi connectivity index (χ0v) is 11.0. The molecule has 0 amide bonds. The van der Waals surface area contributed by atoms with E-state index in [0.717, 1.165) is 0 Å². The first-order chi connectivity index (χ1) is 5.89. The maximum atomic E-state index is 2.33. The summed E-state index contributed by atoms with van der Waals surface area (Å²) in [6.07, 6.45) is 2.15. The Morgan fingerprint density at radius 2 is 1.08 bits per heavy atom. The average Bonchev–Trinajstić information content (AvgIpc) is 1.97. The van der Waals surface area contributed by atoms with E-state index in [2.05, 4.69) is 74.7 Å². The van der Waals surface area contributed by atoms with Crippen LogP contribution in [0.3, 0.4) is 0 Å². The molecule has 0 unspecified atom stereocenters. The van der Waals surface area contributed by atoms with Gasteiger partial charge in [0, 0.05) is 0 Å². The van der Waals surface area contributed by atoms with Crippen LogP contribution < -0.4 is 0 Å². The van der Waals surface area contributed by atoms with E-state index in [9.17, 15) is 0 Å².